The van der Waals surface area contributed by atoms with Gasteiger partial charge in [-0.1, -0.05) is 41.0 Å². The van der Waals surface area contributed by atoms with Crippen molar-refractivity contribution in [3.05, 3.63) is 0 Å². The molecule has 0 aromatic heterocycles. The Hall–Kier alpha value is -0.0700. The number of alkyl halides is 1. The van der Waals surface area contributed by atoms with Crippen LogP contribution in [-0.4, -0.2) is 6.67 Å². The lowest BCUT2D eigenvalue weighted by molar-refractivity contribution is 0.146. The highest BCUT2D eigenvalue weighted by Crippen LogP contribution is 2.36. The first-order valence-corrected chi connectivity index (χ1v) is 4.89. The molecule has 0 nitrogen and oxygen atoms in total. The normalized spacial score (nSPS) is 13.5. The molecule has 0 aliphatic heterocycles. The Morgan fingerprint density at radius 2 is 1.50 bits per heavy atom. The Kier molecular flexibility index (Phi) is 4.22. The maximum absolute atomic E-state index is 12.5. The molecule has 0 unspecified atom stereocenters. The van der Waals surface area contributed by atoms with Gasteiger partial charge < -0.3 is 0 Å². The van der Waals surface area contributed by atoms with Crippen molar-refractivity contribution in [1.82, 2.24) is 0 Å². The van der Waals surface area contributed by atoms with Gasteiger partial charge in [-0.25, -0.2) is 0 Å². The van der Waals surface area contributed by atoms with Crippen LogP contribution in [0.5, 0.6) is 0 Å². The minimum atomic E-state index is -0.208. The average molecular weight is 174 g/mol. The first-order chi connectivity index (χ1) is 5.33. The van der Waals surface area contributed by atoms with Crippen LogP contribution < -0.4 is 0 Å². The van der Waals surface area contributed by atoms with E-state index in [2.05, 4.69) is 20.8 Å². The Morgan fingerprint density at radius 3 is 1.83 bits per heavy atom. The predicted octanol–water partition coefficient (Wildman–Crippen LogP) is 4.20. The topological polar surface area (TPSA) is 0 Å². The van der Waals surface area contributed by atoms with E-state index in [-0.39, 0.29) is 12.1 Å². The lowest BCUT2D eigenvalue weighted by atomic mass is 9.73. The molecule has 0 aromatic rings. The molecule has 0 spiro atoms. The standard InChI is InChI=1S/C11H23F/c1-6-7-10(2,3)8-11(4,5)9-12/h6-9H2,1-5H3. The molecular formula is C11H23F. The molecule has 0 saturated heterocycles. The van der Waals surface area contributed by atoms with Crippen molar-refractivity contribution in [3.63, 3.8) is 0 Å². The van der Waals surface area contributed by atoms with Gasteiger partial charge in [0.2, 0.25) is 0 Å². The molecule has 0 bridgehead atoms. The molecule has 1 heteroatoms. The third-order valence-electron chi connectivity index (χ3n) is 2.25. The van der Waals surface area contributed by atoms with Crippen molar-refractivity contribution < 1.29 is 4.39 Å². The fraction of sp³-hybridized carbons (Fsp3) is 1.00. The summed E-state index contributed by atoms with van der Waals surface area (Å²) in [5, 5.41) is 0. The van der Waals surface area contributed by atoms with Crippen LogP contribution in [0.3, 0.4) is 0 Å². The summed E-state index contributed by atoms with van der Waals surface area (Å²) in [7, 11) is 0. The molecule has 0 aliphatic rings. The number of halogens is 1. The number of hydrogen-bond acceptors (Lipinski definition) is 0. The molecule has 0 radical (unpaired) electrons. The molecule has 0 N–H and O–H groups in total. The van der Waals surface area contributed by atoms with Gasteiger partial charge in [-0.3, -0.25) is 4.39 Å². The van der Waals surface area contributed by atoms with Crippen molar-refractivity contribution in [2.75, 3.05) is 6.67 Å². The van der Waals surface area contributed by atoms with Crippen LogP contribution in [0.15, 0.2) is 0 Å². The third-order valence-corrected chi connectivity index (χ3v) is 2.25. The summed E-state index contributed by atoms with van der Waals surface area (Å²) in [6.45, 7) is 10.4. The van der Waals surface area contributed by atoms with E-state index >= 15 is 0 Å². The minimum Gasteiger partial charge on any atom is -0.251 e. The second kappa shape index (κ2) is 4.25. The van der Waals surface area contributed by atoms with Gasteiger partial charge in [0.05, 0.1) is 6.67 Å². The van der Waals surface area contributed by atoms with Crippen molar-refractivity contribution in [2.45, 2.75) is 53.9 Å². The van der Waals surface area contributed by atoms with Gasteiger partial charge >= 0.3 is 0 Å². The minimum absolute atomic E-state index is 0.140. The molecular weight excluding hydrogens is 151 g/mol. The quantitative estimate of drug-likeness (QED) is 0.586. The van der Waals surface area contributed by atoms with Crippen molar-refractivity contribution in [2.24, 2.45) is 10.8 Å². The third kappa shape index (κ3) is 4.74. The molecule has 0 aliphatic carbocycles. The molecule has 0 heterocycles. The second-order valence-corrected chi connectivity index (χ2v) is 5.39. The number of hydrogen-bond donors (Lipinski definition) is 0. The van der Waals surface area contributed by atoms with E-state index in [1.165, 1.54) is 12.8 Å². The highest BCUT2D eigenvalue weighted by Gasteiger charge is 2.27. The highest BCUT2D eigenvalue weighted by atomic mass is 19.1. The molecule has 74 valence electrons. The fourth-order valence-electron chi connectivity index (χ4n) is 2.11. The molecule has 0 saturated carbocycles. The van der Waals surface area contributed by atoms with Crippen molar-refractivity contribution >= 4 is 0 Å². The zero-order valence-corrected chi connectivity index (χ0v) is 9.21. The van der Waals surface area contributed by atoms with Crippen LogP contribution in [0.2, 0.25) is 0 Å². The summed E-state index contributed by atoms with van der Waals surface area (Å²) in [5.74, 6) is 0. The summed E-state index contributed by atoms with van der Waals surface area (Å²) >= 11 is 0. The summed E-state index contributed by atoms with van der Waals surface area (Å²) in [6, 6.07) is 0. The first-order valence-electron chi connectivity index (χ1n) is 4.89. The van der Waals surface area contributed by atoms with Crippen LogP contribution >= 0.6 is 0 Å². The highest BCUT2D eigenvalue weighted by molar-refractivity contribution is 4.78. The van der Waals surface area contributed by atoms with E-state index in [0.717, 1.165) is 6.42 Å². The molecule has 0 atom stereocenters. The van der Waals surface area contributed by atoms with Gasteiger partial charge in [0.1, 0.15) is 0 Å². The van der Waals surface area contributed by atoms with Gasteiger partial charge in [-0.2, -0.15) is 0 Å². The van der Waals surface area contributed by atoms with Crippen LogP contribution in [0, 0.1) is 10.8 Å². The molecule has 12 heavy (non-hydrogen) atoms. The van der Waals surface area contributed by atoms with Gasteiger partial charge in [-0.15, -0.1) is 0 Å². The molecule has 0 aromatic carbocycles. The lowest BCUT2D eigenvalue weighted by Crippen LogP contribution is -2.24. The summed E-state index contributed by atoms with van der Waals surface area (Å²) in [5.41, 5.74) is 0.156. The zero-order valence-electron chi connectivity index (χ0n) is 9.21. The van der Waals surface area contributed by atoms with E-state index in [1.807, 2.05) is 13.8 Å². The summed E-state index contributed by atoms with van der Waals surface area (Å²) in [6.07, 6.45) is 3.36. The Morgan fingerprint density at radius 1 is 1.00 bits per heavy atom. The first kappa shape index (κ1) is 11.9. The van der Waals surface area contributed by atoms with E-state index in [9.17, 15) is 4.39 Å². The fourth-order valence-corrected chi connectivity index (χ4v) is 2.11. The molecule has 0 rings (SSSR count). The maximum Gasteiger partial charge on any atom is 0.0945 e. The Labute approximate surface area is 76.6 Å². The summed E-state index contributed by atoms with van der Waals surface area (Å²) in [4.78, 5) is 0. The van der Waals surface area contributed by atoms with Crippen LogP contribution in [0.1, 0.15) is 53.9 Å². The van der Waals surface area contributed by atoms with Gasteiger partial charge in [0.15, 0.2) is 0 Å². The lowest BCUT2D eigenvalue weighted by Gasteiger charge is -2.32. The van der Waals surface area contributed by atoms with Crippen molar-refractivity contribution in [3.8, 4) is 0 Å². The van der Waals surface area contributed by atoms with E-state index in [0.29, 0.717) is 5.41 Å². The van der Waals surface area contributed by atoms with E-state index in [1.54, 1.807) is 0 Å². The van der Waals surface area contributed by atoms with E-state index < -0.39 is 0 Å². The monoisotopic (exact) mass is 174 g/mol. The summed E-state index contributed by atoms with van der Waals surface area (Å²) < 4.78 is 12.5. The maximum atomic E-state index is 12.5. The number of rotatable bonds is 5. The predicted molar refractivity (Wildman–Crippen MR) is 53.1 cm³/mol. The van der Waals surface area contributed by atoms with Crippen molar-refractivity contribution in [1.29, 1.82) is 0 Å². The molecule has 0 amide bonds. The zero-order chi connectivity index (χ0) is 9.83. The molecule has 0 fully saturated rings. The van der Waals surface area contributed by atoms with Gasteiger partial charge in [-0.05, 0) is 23.7 Å². The Balaban J connectivity index is 4.04. The van der Waals surface area contributed by atoms with Crippen LogP contribution in [0.4, 0.5) is 4.39 Å². The van der Waals surface area contributed by atoms with Gasteiger partial charge in [0, 0.05) is 0 Å². The average Bonchev–Trinajstić information content (AvgIpc) is 1.85. The smallest absolute Gasteiger partial charge is 0.0945 e. The Bertz CT molecular complexity index is 125. The SMILES string of the molecule is CCCC(C)(C)CC(C)(C)CF. The van der Waals surface area contributed by atoms with Crippen LogP contribution in [-0.2, 0) is 0 Å². The van der Waals surface area contributed by atoms with Gasteiger partial charge in [0.25, 0.3) is 0 Å². The second-order valence-electron chi connectivity index (χ2n) is 5.39. The van der Waals surface area contributed by atoms with E-state index in [4.69, 9.17) is 0 Å². The van der Waals surface area contributed by atoms with Crippen LogP contribution in [0.25, 0.3) is 0 Å². The largest absolute Gasteiger partial charge is 0.251 e.